The number of nitrogens with one attached hydrogen (secondary N) is 3. The van der Waals surface area contributed by atoms with Crippen molar-refractivity contribution in [3.63, 3.8) is 0 Å². The second-order valence-corrected chi connectivity index (χ2v) is 22.2. The van der Waals surface area contributed by atoms with E-state index in [9.17, 15) is 4.39 Å². The summed E-state index contributed by atoms with van der Waals surface area (Å²) in [5.41, 5.74) is 23.0. The molecule has 12 aromatic rings. The molecule has 6 aromatic heterocycles. The predicted octanol–water partition coefficient (Wildman–Crippen LogP) is 17.6. The van der Waals surface area contributed by atoms with Crippen LogP contribution < -0.4 is 0 Å². The molecule has 3 aliphatic carbocycles. The van der Waals surface area contributed by atoms with E-state index < -0.39 is 0 Å². The van der Waals surface area contributed by atoms with Gasteiger partial charge in [0.1, 0.15) is 40.6 Å². The van der Waals surface area contributed by atoms with Gasteiger partial charge in [-0.05, 0) is 173 Å². The SMILES string of the molecule is C=C(c1ccc(F)cc1)c1cc(-c2c(C)noc2C)cc2[nH]c(C3CC3)nc12.C=C(c1ccccc1)c1cc(-c2c(C)noc2C)cc2[nH]c(C3CC3)nc12.Cc1noc(C)c1-c1cc(/C=C/c2ccccc2)c2nc(C3CC3)[nH]c2c1. The van der Waals surface area contributed by atoms with Crippen LogP contribution in [-0.2, 0) is 0 Å². The molecule has 408 valence electrons. The lowest BCUT2D eigenvalue weighted by atomic mass is 9.94. The Hall–Kier alpha value is -9.49. The van der Waals surface area contributed by atoms with Crippen molar-refractivity contribution in [3.8, 4) is 33.4 Å². The fourth-order valence-corrected chi connectivity index (χ4v) is 11.1. The van der Waals surface area contributed by atoms with Crippen molar-refractivity contribution in [1.29, 1.82) is 0 Å². The number of aromatic nitrogens is 9. The quantitative estimate of drug-likeness (QED) is 0.101. The van der Waals surface area contributed by atoms with Gasteiger partial charge in [0.2, 0.25) is 0 Å². The third kappa shape index (κ3) is 10.3. The molecule has 0 amide bonds. The van der Waals surface area contributed by atoms with Crippen LogP contribution in [0.2, 0.25) is 0 Å². The summed E-state index contributed by atoms with van der Waals surface area (Å²) < 4.78 is 29.5. The second kappa shape index (κ2) is 21.2. The van der Waals surface area contributed by atoms with Gasteiger partial charge in [0, 0.05) is 51.1 Å². The van der Waals surface area contributed by atoms with E-state index >= 15 is 0 Å². The molecule has 0 aliphatic heterocycles. The highest BCUT2D eigenvalue weighted by molar-refractivity contribution is 5.99. The normalized spacial score (nSPS) is 14.1. The number of nitrogens with zero attached hydrogens (tertiary/aromatic N) is 6. The van der Waals surface area contributed by atoms with Crippen LogP contribution in [0, 0.1) is 47.4 Å². The molecule has 3 saturated carbocycles. The molecule has 0 saturated heterocycles. The number of aryl methyl sites for hydroxylation is 6. The molecule has 0 atom stereocenters. The van der Waals surface area contributed by atoms with Crippen LogP contribution in [-0.4, -0.2) is 45.4 Å². The van der Waals surface area contributed by atoms with Crippen LogP contribution in [0.1, 0.15) is 141 Å². The molecule has 0 radical (unpaired) electrons. The maximum absolute atomic E-state index is 13.4. The van der Waals surface area contributed by atoms with Crippen LogP contribution >= 0.6 is 0 Å². The molecule has 82 heavy (non-hydrogen) atoms. The number of halogens is 1. The Labute approximate surface area is 474 Å². The summed E-state index contributed by atoms with van der Waals surface area (Å²) in [4.78, 5) is 25.3. The summed E-state index contributed by atoms with van der Waals surface area (Å²) in [7, 11) is 0. The van der Waals surface area contributed by atoms with Gasteiger partial charge in [0.25, 0.3) is 0 Å². The summed E-state index contributed by atoms with van der Waals surface area (Å²) in [6.07, 6.45) is 11.5. The van der Waals surface area contributed by atoms with E-state index in [4.69, 9.17) is 28.5 Å². The van der Waals surface area contributed by atoms with E-state index in [-0.39, 0.29) is 5.82 Å². The third-order valence-corrected chi connectivity index (χ3v) is 15.9. The Bertz CT molecular complexity index is 4370. The fraction of sp³-hybridized carbons (Fsp3) is 0.217. The monoisotopic (exact) mass is 1080 g/mol. The Morgan fingerprint density at radius 3 is 1.24 bits per heavy atom. The maximum Gasteiger partial charge on any atom is 0.141 e. The minimum Gasteiger partial charge on any atom is -0.361 e. The molecule has 13 heteroatoms. The molecule has 3 aliphatic rings. The molecule has 0 spiro atoms. The summed E-state index contributed by atoms with van der Waals surface area (Å²) in [5, 5.41) is 12.3. The second-order valence-electron chi connectivity index (χ2n) is 22.2. The summed E-state index contributed by atoms with van der Waals surface area (Å²) in [6, 6.07) is 39.9. The molecule has 6 heterocycles. The third-order valence-electron chi connectivity index (χ3n) is 15.9. The number of hydrogen-bond acceptors (Lipinski definition) is 9. The van der Waals surface area contributed by atoms with E-state index in [0.29, 0.717) is 17.8 Å². The van der Waals surface area contributed by atoms with Crippen molar-refractivity contribution in [2.75, 3.05) is 0 Å². The van der Waals surface area contributed by atoms with Gasteiger partial charge in [0.15, 0.2) is 0 Å². The Morgan fingerprint density at radius 2 is 0.841 bits per heavy atom. The molecule has 15 rings (SSSR count). The van der Waals surface area contributed by atoms with Gasteiger partial charge in [-0.1, -0.05) is 114 Å². The van der Waals surface area contributed by atoms with Crippen LogP contribution in [0.5, 0.6) is 0 Å². The minimum atomic E-state index is -0.262. The topological polar surface area (TPSA) is 164 Å². The minimum absolute atomic E-state index is 0.262. The highest BCUT2D eigenvalue weighted by Crippen LogP contribution is 2.44. The molecule has 3 N–H and O–H groups in total. The van der Waals surface area contributed by atoms with Crippen molar-refractivity contribution < 1.29 is 18.0 Å². The van der Waals surface area contributed by atoms with Gasteiger partial charge in [-0.3, -0.25) is 0 Å². The number of imidazole rings is 3. The smallest absolute Gasteiger partial charge is 0.141 e. The predicted molar refractivity (Wildman–Crippen MR) is 324 cm³/mol. The zero-order valence-corrected chi connectivity index (χ0v) is 46.9. The van der Waals surface area contributed by atoms with E-state index in [0.717, 1.165) is 157 Å². The Kier molecular flexibility index (Phi) is 13.4. The standard InChI is InChI=1S/C23H20FN3O.2C23H21N3O/c1-12(15-6-8-18(24)9-7-15)19-10-17(21-13(2)27-28-14(21)3)11-20-22(19)26-23(25-20)16-4-5-16;1-13(16-7-5-4-6-8-16)19-11-18(21-14(2)26-27-15(21)3)12-20-22(19)25-23(24-20)17-9-10-17;1-14-21(15(2)27-26-14)19-12-18(9-8-16-6-4-3-5-7-16)22-20(13-19)24-23(25-22)17-10-11-17/h6-11,16H,1,4-5H2,2-3H3,(H,25,26);4-8,11-12,17H,1,9-10H2,2-3H3,(H,24,25);3-9,12-13,17H,10-11H2,1-2H3,(H,24,25)/b;;9-8+. The number of hydrogen-bond donors (Lipinski definition) is 3. The molecule has 3 fully saturated rings. The first-order valence-electron chi connectivity index (χ1n) is 28.2. The average Bonchev–Trinajstić information content (AvgIpc) is 4.28. The lowest BCUT2D eigenvalue weighted by Crippen LogP contribution is -1.92. The van der Waals surface area contributed by atoms with Crippen molar-refractivity contribution in [2.45, 2.75) is 97.8 Å². The van der Waals surface area contributed by atoms with E-state index in [1.165, 1.54) is 56.2 Å². The fourth-order valence-electron chi connectivity index (χ4n) is 11.1. The van der Waals surface area contributed by atoms with Crippen LogP contribution in [0.3, 0.4) is 0 Å². The summed E-state index contributed by atoms with van der Waals surface area (Å²) in [6.45, 7) is 20.4. The van der Waals surface area contributed by atoms with Crippen LogP contribution in [0.15, 0.2) is 148 Å². The van der Waals surface area contributed by atoms with Crippen molar-refractivity contribution in [1.82, 2.24) is 45.4 Å². The zero-order valence-electron chi connectivity index (χ0n) is 46.9. The average molecular weight is 1080 g/mol. The van der Waals surface area contributed by atoms with Crippen LogP contribution in [0.4, 0.5) is 4.39 Å². The highest BCUT2D eigenvalue weighted by Gasteiger charge is 2.30. The number of aromatic amines is 3. The highest BCUT2D eigenvalue weighted by atomic mass is 19.1. The summed E-state index contributed by atoms with van der Waals surface area (Å²) >= 11 is 0. The van der Waals surface area contributed by atoms with Gasteiger partial charge >= 0.3 is 0 Å². The lowest BCUT2D eigenvalue weighted by molar-refractivity contribution is 0.393. The lowest BCUT2D eigenvalue weighted by Gasteiger charge is -2.10. The van der Waals surface area contributed by atoms with Gasteiger partial charge in [-0.25, -0.2) is 19.3 Å². The number of H-pyrrole nitrogens is 3. The molecular weight excluding hydrogens is 1020 g/mol. The number of benzene rings is 6. The van der Waals surface area contributed by atoms with Gasteiger partial charge in [-0.15, -0.1) is 0 Å². The Balaban J connectivity index is 0.000000115. The number of fused-ring (bicyclic) bond motifs is 3. The van der Waals surface area contributed by atoms with Gasteiger partial charge in [0.05, 0.1) is 50.2 Å². The first kappa shape index (κ1) is 51.9. The first-order chi connectivity index (χ1) is 39.8. The molecule has 6 aromatic carbocycles. The van der Waals surface area contributed by atoms with E-state index in [1.54, 1.807) is 12.1 Å². The van der Waals surface area contributed by atoms with Crippen molar-refractivity contribution in [2.24, 2.45) is 0 Å². The molecular formula is C69H62FN9O3. The van der Waals surface area contributed by atoms with Gasteiger partial charge in [-0.2, -0.15) is 0 Å². The van der Waals surface area contributed by atoms with E-state index in [1.807, 2.05) is 65.8 Å². The zero-order chi connectivity index (χ0) is 56.3. The van der Waals surface area contributed by atoms with Crippen LogP contribution in [0.25, 0.3) is 89.8 Å². The molecule has 12 nitrogen and oxygen atoms in total. The maximum atomic E-state index is 13.4. The van der Waals surface area contributed by atoms with Crippen molar-refractivity contribution in [3.05, 3.63) is 226 Å². The largest absolute Gasteiger partial charge is 0.361 e. The molecule has 0 bridgehead atoms. The number of rotatable bonds is 12. The summed E-state index contributed by atoms with van der Waals surface area (Å²) in [5.74, 6) is 7.07. The van der Waals surface area contributed by atoms with Gasteiger partial charge < -0.3 is 28.5 Å². The van der Waals surface area contributed by atoms with Crippen molar-refractivity contribution >= 4 is 56.4 Å². The Morgan fingerprint density at radius 1 is 0.463 bits per heavy atom. The molecule has 0 unspecified atom stereocenters. The first-order valence-corrected chi connectivity index (χ1v) is 28.2. The van der Waals surface area contributed by atoms with E-state index in [2.05, 4.69) is 129 Å².